The number of aliphatic hydroxyl groups is 1. The Morgan fingerprint density at radius 1 is 0.679 bits per heavy atom. The summed E-state index contributed by atoms with van der Waals surface area (Å²) in [5.41, 5.74) is 19.5. The normalized spacial score (nSPS) is 20.4. The van der Waals surface area contributed by atoms with Crippen LogP contribution in [0.5, 0.6) is 11.5 Å². The largest absolute Gasteiger partial charge is 0.508 e. The van der Waals surface area contributed by atoms with Crippen molar-refractivity contribution in [1.82, 2.24) is 37.2 Å². The Hall–Kier alpha value is -7.95. The Kier molecular flexibility index (Phi) is 26.6. The zero-order chi connectivity index (χ0) is 61.5. The van der Waals surface area contributed by atoms with E-state index in [1.807, 2.05) is 0 Å². The zero-order valence-electron chi connectivity index (χ0n) is 45.7. The monoisotopic (exact) mass is 1220 g/mol. The van der Waals surface area contributed by atoms with Crippen LogP contribution >= 0.6 is 33.2 Å². The molecule has 9 atom stereocenters. The van der Waals surface area contributed by atoms with Gasteiger partial charge in [-0.3, -0.25) is 47.9 Å². The number of unbranched alkanes of at least 4 members (excludes halogenated alkanes) is 1. The highest BCUT2D eigenvalue weighted by atomic mass is 35.5. The van der Waals surface area contributed by atoms with Crippen LogP contribution in [-0.4, -0.2) is 152 Å². The molecule has 4 aromatic carbocycles. The van der Waals surface area contributed by atoms with Gasteiger partial charge in [0.2, 0.25) is 53.2 Å². The molecule has 0 unspecified atom stereocenters. The number of carbonyl (C=O) groups excluding carboxylic acids is 9. The molecule has 1 saturated heterocycles. The second-order valence-corrected chi connectivity index (χ2v) is 22.9. The van der Waals surface area contributed by atoms with E-state index in [9.17, 15) is 63.3 Å². The number of carboxylic acids is 1. The van der Waals surface area contributed by atoms with Gasteiger partial charge in [0.25, 0.3) is 0 Å². The molecule has 84 heavy (non-hydrogen) atoms. The van der Waals surface area contributed by atoms with Gasteiger partial charge in [-0.25, -0.2) is 0 Å². The first-order valence-corrected chi connectivity index (χ1v) is 29.6. The number of anilines is 1. The lowest BCUT2D eigenvalue weighted by Gasteiger charge is -2.29. The highest BCUT2D eigenvalue weighted by molar-refractivity contribution is 8.76. The molecule has 1 aliphatic heterocycles. The number of benzene rings is 4. The fourth-order valence-electron chi connectivity index (χ4n) is 8.40. The average molecular weight is 1220 g/mol. The van der Waals surface area contributed by atoms with Crippen molar-refractivity contribution in [3.05, 3.63) is 124 Å². The topological polar surface area (TPSA) is 426 Å². The number of rotatable bonds is 22. The third-order valence-electron chi connectivity index (χ3n) is 13.1. The van der Waals surface area contributed by atoms with Gasteiger partial charge in [-0.2, -0.15) is 0 Å². The number of phenols is 2. The van der Waals surface area contributed by atoms with Crippen LogP contribution in [-0.2, 0) is 73.6 Å². The number of hydrogen-bond acceptors (Lipinski definition) is 17. The first kappa shape index (κ1) is 66.8. The number of phenolic OH excluding ortho intramolecular Hbond substituents is 2. The third kappa shape index (κ3) is 22.3. The lowest BCUT2D eigenvalue weighted by atomic mass is 10.0. The molecule has 28 heteroatoms. The van der Waals surface area contributed by atoms with E-state index >= 15 is 0 Å². The highest BCUT2D eigenvalue weighted by Crippen LogP contribution is 2.25. The second-order valence-electron chi connectivity index (χ2n) is 19.9. The second kappa shape index (κ2) is 33.4. The van der Waals surface area contributed by atoms with Crippen LogP contribution in [0.25, 0.3) is 0 Å². The Balaban J connectivity index is 1.56. The number of aromatic hydroxyl groups is 2. The van der Waals surface area contributed by atoms with E-state index in [0.29, 0.717) is 28.1 Å². The number of aliphatic carboxylic acids is 1. The highest BCUT2D eigenvalue weighted by Gasteiger charge is 2.36. The summed E-state index contributed by atoms with van der Waals surface area (Å²) in [6, 6.07) is 12.2. The summed E-state index contributed by atoms with van der Waals surface area (Å²) in [6.45, 7) is 1.39. The smallest absolute Gasteiger partial charge is 0.305 e. The van der Waals surface area contributed by atoms with E-state index in [0.717, 1.165) is 27.2 Å². The summed E-state index contributed by atoms with van der Waals surface area (Å²) in [5.74, 6) is -9.97. The first-order valence-electron chi connectivity index (χ1n) is 26.7. The van der Waals surface area contributed by atoms with E-state index < -0.39 is 120 Å². The number of nitrogens with two attached hydrogens (primary N) is 3. The van der Waals surface area contributed by atoms with Crippen LogP contribution in [0.2, 0.25) is 5.02 Å². The summed E-state index contributed by atoms with van der Waals surface area (Å²) in [4.78, 5) is 137. The van der Waals surface area contributed by atoms with Crippen LogP contribution in [0.4, 0.5) is 5.69 Å². The minimum absolute atomic E-state index is 0.0580. The Labute approximate surface area is 496 Å². The number of carbonyl (C=O) groups is 10. The number of aliphatic hydroxyl groups excluding tert-OH is 1. The average Bonchev–Trinajstić information content (AvgIpc) is 3.48. The summed E-state index contributed by atoms with van der Waals surface area (Å²) in [5, 5.41) is 61.5. The van der Waals surface area contributed by atoms with Gasteiger partial charge in [-0.15, -0.1) is 0 Å². The fourth-order valence-corrected chi connectivity index (χ4v) is 10.9. The van der Waals surface area contributed by atoms with E-state index in [-0.39, 0.29) is 80.2 Å². The lowest BCUT2D eigenvalue weighted by Crippen LogP contribution is -2.62. The standard InChI is InChI=1S/C56H70ClN11O14S2/c1-30(69)48-56(82)67-45(55(81)64-41(49(60)75)24-33-9-18-37(70)19-10-33)29-84-83-28-44(62-46(72)22-13-31-5-14-35(57)15-6-31)54(80)66-43(26-34-11-20-38(71)21-12-34)53(79)65-42(52(78)63-40(51(77)68-48)4-2-3-23-58)25-32-7-16-36(17-8-32)61-50(76)39(59)27-47(73)74/h5-12,14-21,30,39-45,48,69-71H,2-4,13,22-29,58-59H2,1H3,(H2,60,75)(H,61,76)(H,62,72)(H,63,78)(H,64,81)(H,65,79)(H,66,80)(H,67,82)(H,68,77)(H,73,74)/t30-,39+,40+,41-,42-,43+,44-,45+,48+/m1/s1. The summed E-state index contributed by atoms with van der Waals surface area (Å²) in [7, 11) is 1.93. The maximum Gasteiger partial charge on any atom is 0.305 e. The van der Waals surface area contributed by atoms with E-state index in [4.69, 9.17) is 33.9 Å². The summed E-state index contributed by atoms with van der Waals surface area (Å²) < 4.78 is 0. The number of amides is 9. The SMILES string of the molecule is C[C@@H](O)[C@@H]1NC(=O)[C@H](CCCCN)NC(=O)[C@@H](Cc2ccc(NC(=O)[C@@H](N)CC(=O)O)cc2)NC(=O)[C@H](Cc2ccc(O)cc2)NC(=O)[C@H](NC(=O)CCc2ccc(Cl)cc2)CSSC[C@@H](C(=O)N[C@H](Cc2ccc(O)cc2)C(N)=O)NC1=O. The Morgan fingerprint density at radius 2 is 1.20 bits per heavy atom. The molecule has 1 fully saturated rings. The van der Waals surface area contributed by atoms with Crippen molar-refractivity contribution in [1.29, 1.82) is 0 Å². The molecule has 0 aliphatic carbocycles. The van der Waals surface area contributed by atoms with Crippen LogP contribution < -0.4 is 59.7 Å². The molecule has 1 aliphatic rings. The van der Waals surface area contributed by atoms with Crippen molar-refractivity contribution in [3.63, 3.8) is 0 Å². The molecule has 1 heterocycles. The summed E-state index contributed by atoms with van der Waals surface area (Å²) in [6.07, 6.45) is -2.25. The van der Waals surface area contributed by atoms with Crippen molar-refractivity contribution >= 4 is 98.0 Å². The minimum atomic E-state index is -1.78. The predicted octanol–water partition coefficient (Wildman–Crippen LogP) is -0.0639. The maximum absolute atomic E-state index is 14.8. The zero-order valence-corrected chi connectivity index (χ0v) is 48.1. The van der Waals surface area contributed by atoms with Crippen LogP contribution in [0.15, 0.2) is 97.1 Å². The number of nitrogens with one attached hydrogen (secondary N) is 8. The van der Waals surface area contributed by atoms with E-state index in [1.165, 1.54) is 79.7 Å². The minimum Gasteiger partial charge on any atom is -0.508 e. The molecule has 0 bridgehead atoms. The molecule has 0 spiro atoms. The van der Waals surface area contributed by atoms with Gasteiger partial charge in [0.05, 0.1) is 18.6 Å². The molecule has 25 nitrogen and oxygen atoms in total. The number of aryl methyl sites for hydroxylation is 1. The molecule has 5 rings (SSSR count). The number of hydrogen-bond donors (Lipinski definition) is 15. The number of halogens is 1. The molecular formula is C56H70ClN11O14S2. The van der Waals surface area contributed by atoms with Crippen molar-refractivity contribution in [2.24, 2.45) is 17.2 Å². The number of primary amides is 1. The molecule has 0 radical (unpaired) electrons. The Bertz CT molecular complexity index is 2930. The molecule has 9 amide bonds. The van der Waals surface area contributed by atoms with Crippen LogP contribution in [0.3, 0.4) is 0 Å². The van der Waals surface area contributed by atoms with Gasteiger partial charge in [0.15, 0.2) is 0 Å². The van der Waals surface area contributed by atoms with Crippen molar-refractivity contribution in [2.75, 3.05) is 23.4 Å². The first-order chi connectivity index (χ1) is 40.0. The Morgan fingerprint density at radius 3 is 1.76 bits per heavy atom. The van der Waals surface area contributed by atoms with Gasteiger partial charge in [0.1, 0.15) is 53.8 Å². The molecule has 18 N–H and O–H groups in total. The third-order valence-corrected chi connectivity index (χ3v) is 15.8. The molecule has 0 aromatic heterocycles. The van der Waals surface area contributed by atoms with E-state index in [2.05, 4.69) is 42.5 Å². The maximum atomic E-state index is 14.8. The quantitative estimate of drug-likeness (QED) is 0.0362. The number of carboxylic acid groups (broad SMARTS) is 1. The van der Waals surface area contributed by atoms with Crippen LogP contribution in [0, 0.1) is 0 Å². The fraction of sp³-hybridized carbons (Fsp3) is 0.393. The van der Waals surface area contributed by atoms with E-state index in [1.54, 1.807) is 24.3 Å². The van der Waals surface area contributed by atoms with Crippen molar-refractivity contribution in [3.8, 4) is 11.5 Å². The van der Waals surface area contributed by atoms with Crippen LogP contribution in [0.1, 0.15) is 61.3 Å². The van der Waals surface area contributed by atoms with Gasteiger partial charge in [-0.1, -0.05) is 81.7 Å². The molecule has 0 saturated carbocycles. The molecule has 4 aromatic rings. The molecular weight excluding hydrogens is 1150 g/mol. The predicted molar refractivity (Wildman–Crippen MR) is 315 cm³/mol. The lowest BCUT2D eigenvalue weighted by molar-refractivity contribution is -0.139. The van der Waals surface area contributed by atoms with Gasteiger partial charge < -0.3 is 80.2 Å². The van der Waals surface area contributed by atoms with Gasteiger partial charge in [0, 0.05) is 47.9 Å². The van der Waals surface area contributed by atoms with Crippen molar-refractivity contribution < 1.29 is 68.4 Å². The van der Waals surface area contributed by atoms with Gasteiger partial charge >= 0.3 is 5.97 Å². The summed E-state index contributed by atoms with van der Waals surface area (Å²) >= 11 is 6.07. The van der Waals surface area contributed by atoms with Crippen molar-refractivity contribution in [2.45, 2.75) is 119 Å². The van der Waals surface area contributed by atoms with Gasteiger partial charge in [-0.05, 0) is 110 Å². The molecule has 452 valence electrons.